The van der Waals surface area contributed by atoms with Crippen LogP contribution in [0.3, 0.4) is 0 Å². The van der Waals surface area contributed by atoms with Gasteiger partial charge in [-0.1, -0.05) is 0 Å². The van der Waals surface area contributed by atoms with Gasteiger partial charge < -0.3 is 5.32 Å². The maximum Gasteiger partial charge on any atom is 0.321 e. The second-order valence-electron chi connectivity index (χ2n) is 4.93. The van der Waals surface area contributed by atoms with Crippen molar-refractivity contribution < 1.29 is 4.79 Å². The van der Waals surface area contributed by atoms with Crippen LogP contribution in [0.15, 0.2) is 12.4 Å². The van der Waals surface area contributed by atoms with Crippen LogP contribution in [-0.2, 0) is 26.4 Å². The lowest BCUT2D eigenvalue weighted by atomic mass is 10.0. The molecule has 0 radical (unpaired) electrons. The summed E-state index contributed by atoms with van der Waals surface area (Å²) in [7, 11) is 1.85. The van der Waals surface area contributed by atoms with Crippen LogP contribution in [0.4, 0.5) is 9.93 Å². The first-order valence-electron chi connectivity index (χ1n) is 6.71. The molecule has 20 heavy (non-hydrogen) atoms. The van der Waals surface area contributed by atoms with E-state index in [0.29, 0.717) is 11.7 Å². The Hall–Kier alpha value is -1.89. The number of rotatable bonds is 3. The molecule has 1 aliphatic carbocycles. The molecule has 2 amide bonds. The van der Waals surface area contributed by atoms with Gasteiger partial charge in [0.25, 0.3) is 0 Å². The zero-order valence-corrected chi connectivity index (χ0v) is 12.2. The number of urea groups is 1. The highest BCUT2D eigenvalue weighted by Gasteiger charge is 2.16. The quantitative estimate of drug-likeness (QED) is 0.909. The summed E-state index contributed by atoms with van der Waals surface area (Å²) in [6, 6.07) is -0.222. The summed E-state index contributed by atoms with van der Waals surface area (Å²) < 4.78 is 1.71. The van der Waals surface area contributed by atoms with Gasteiger partial charge in [0.15, 0.2) is 5.13 Å². The van der Waals surface area contributed by atoms with E-state index >= 15 is 0 Å². The van der Waals surface area contributed by atoms with E-state index in [4.69, 9.17) is 0 Å². The van der Waals surface area contributed by atoms with Crippen LogP contribution >= 0.6 is 11.3 Å². The predicted molar refractivity (Wildman–Crippen MR) is 77.8 cm³/mol. The monoisotopic (exact) mass is 291 g/mol. The molecular weight excluding hydrogens is 274 g/mol. The summed E-state index contributed by atoms with van der Waals surface area (Å²) in [5.74, 6) is 0. The fourth-order valence-electron chi connectivity index (χ4n) is 2.29. The lowest BCUT2D eigenvalue weighted by molar-refractivity contribution is 0.251. The molecule has 2 aromatic rings. The number of hydrogen-bond acceptors (Lipinski definition) is 4. The number of fused-ring (bicyclic) bond motifs is 1. The number of hydrogen-bond donors (Lipinski definition) is 2. The molecule has 0 aromatic carbocycles. The molecule has 0 bridgehead atoms. The molecule has 0 spiro atoms. The number of carbonyl (C=O) groups is 1. The molecule has 2 aromatic heterocycles. The van der Waals surface area contributed by atoms with Crippen molar-refractivity contribution in [3.63, 3.8) is 0 Å². The standard InChI is InChI=1S/C13H17N5OS/c1-18-8-9(7-15-18)6-14-12(19)17-13-16-10-4-2-3-5-11(10)20-13/h7-8H,2-6H2,1H3,(H2,14,16,17,19). The number of amides is 2. The summed E-state index contributed by atoms with van der Waals surface area (Å²) >= 11 is 1.59. The van der Waals surface area contributed by atoms with Gasteiger partial charge in [0.1, 0.15) is 0 Å². The molecule has 106 valence electrons. The molecule has 0 aliphatic heterocycles. The second kappa shape index (κ2) is 5.62. The molecule has 0 fully saturated rings. The average molecular weight is 291 g/mol. The van der Waals surface area contributed by atoms with Crippen molar-refractivity contribution in [3.8, 4) is 0 Å². The largest absolute Gasteiger partial charge is 0.334 e. The van der Waals surface area contributed by atoms with Gasteiger partial charge in [-0.15, -0.1) is 11.3 Å². The number of nitrogens with zero attached hydrogens (tertiary/aromatic N) is 3. The van der Waals surface area contributed by atoms with Crippen LogP contribution in [0, 0.1) is 0 Å². The van der Waals surface area contributed by atoms with Crippen LogP contribution < -0.4 is 10.6 Å². The molecule has 0 saturated carbocycles. The molecule has 3 rings (SSSR count). The fraction of sp³-hybridized carbons (Fsp3) is 0.462. The van der Waals surface area contributed by atoms with E-state index < -0.39 is 0 Å². The molecule has 2 heterocycles. The molecule has 6 nitrogen and oxygen atoms in total. The minimum atomic E-state index is -0.222. The highest BCUT2D eigenvalue weighted by atomic mass is 32.1. The Labute approximate surface area is 121 Å². The topological polar surface area (TPSA) is 71.8 Å². The Morgan fingerprint density at radius 1 is 1.45 bits per heavy atom. The summed E-state index contributed by atoms with van der Waals surface area (Å²) in [6.07, 6.45) is 8.16. The number of carbonyl (C=O) groups excluding carboxylic acids is 1. The Morgan fingerprint density at radius 2 is 2.30 bits per heavy atom. The Bertz CT molecular complexity index is 595. The van der Waals surface area contributed by atoms with E-state index in [2.05, 4.69) is 20.7 Å². The van der Waals surface area contributed by atoms with Gasteiger partial charge in [0.05, 0.1) is 11.9 Å². The first-order valence-corrected chi connectivity index (χ1v) is 7.53. The minimum Gasteiger partial charge on any atom is -0.334 e. The van der Waals surface area contributed by atoms with E-state index in [1.807, 2.05) is 13.2 Å². The van der Waals surface area contributed by atoms with Crippen molar-refractivity contribution in [2.75, 3.05) is 5.32 Å². The van der Waals surface area contributed by atoms with Gasteiger partial charge in [-0.2, -0.15) is 5.10 Å². The third-order valence-electron chi connectivity index (χ3n) is 3.28. The Morgan fingerprint density at radius 3 is 3.05 bits per heavy atom. The average Bonchev–Trinajstić information content (AvgIpc) is 3.01. The van der Waals surface area contributed by atoms with Crippen LogP contribution in [0.25, 0.3) is 0 Å². The van der Waals surface area contributed by atoms with Crippen LogP contribution in [0.2, 0.25) is 0 Å². The molecular formula is C13H17N5OS. The lowest BCUT2D eigenvalue weighted by Gasteiger charge is -2.06. The van der Waals surface area contributed by atoms with Crippen molar-refractivity contribution in [1.29, 1.82) is 0 Å². The maximum absolute atomic E-state index is 11.8. The van der Waals surface area contributed by atoms with E-state index in [1.54, 1.807) is 22.2 Å². The molecule has 1 aliphatic rings. The zero-order valence-electron chi connectivity index (χ0n) is 11.3. The normalized spacial score (nSPS) is 13.8. The SMILES string of the molecule is Cn1cc(CNC(=O)Nc2nc3c(s2)CCCC3)cn1. The van der Waals surface area contributed by atoms with Crippen molar-refractivity contribution in [1.82, 2.24) is 20.1 Å². The molecule has 0 unspecified atom stereocenters. The number of aromatic nitrogens is 3. The number of anilines is 1. The summed E-state index contributed by atoms with van der Waals surface area (Å²) in [6.45, 7) is 0.463. The zero-order chi connectivity index (χ0) is 13.9. The predicted octanol–water partition coefficient (Wildman–Crippen LogP) is 2.08. The third-order valence-corrected chi connectivity index (χ3v) is 4.35. The van der Waals surface area contributed by atoms with Crippen LogP contribution in [0.1, 0.15) is 29.0 Å². The first kappa shape index (κ1) is 13.1. The molecule has 0 atom stereocenters. The Kier molecular flexibility index (Phi) is 3.68. The summed E-state index contributed by atoms with van der Waals surface area (Å²) in [5.41, 5.74) is 2.13. The number of thiazole rings is 1. The molecule has 2 N–H and O–H groups in total. The highest BCUT2D eigenvalue weighted by Crippen LogP contribution is 2.29. The summed E-state index contributed by atoms with van der Waals surface area (Å²) in [5, 5.41) is 10.4. The number of aryl methyl sites for hydroxylation is 3. The van der Waals surface area contributed by atoms with E-state index in [-0.39, 0.29) is 6.03 Å². The van der Waals surface area contributed by atoms with Gasteiger partial charge in [-0.25, -0.2) is 9.78 Å². The Balaban J connectivity index is 1.54. The smallest absolute Gasteiger partial charge is 0.321 e. The highest BCUT2D eigenvalue weighted by molar-refractivity contribution is 7.15. The van der Waals surface area contributed by atoms with Crippen molar-refractivity contribution >= 4 is 22.5 Å². The van der Waals surface area contributed by atoms with Gasteiger partial charge in [-0.3, -0.25) is 10.00 Å². The second-order valence-corrected chi connectivity index (χ2v) is 6.01. The van der Waals surface area contributed by atoms with E-state index in [1.165, 1.54) is 17.7 Å². The van der Waals surface area contributed by atoms with Crippen molar-refractivity contribution in [3.05, 3.63) is 28.5 Å². The first-order chi connectivity index (χ1) is 9.70. The fourth-order valence-corrected chi connectivity index (χ4v) is 3.34. The maximum atomic E-state index is 11.8. The number of nitrogens with one attached hydrogen (secondary N) is 2. The van der Waals surface area contributed by atoms with Crippen molar-refractivity contribution in [2.24, 2.45) is 7.05 Å². The summed E-state index contributed by atoms with van der Waals surface area (Å²) in [4.78, 5) is 17.6. The molecule has 0 saturated heterocycles. The third kappa shape index (κ3) is 2.98. The van der Waals surface area contributed by atoms with Gasteiger partial charge >= 0.3 is 6.03 Å². The molecule has 7 heteroatoms. The van der Waals surface area contributed by atoms with Gasteiger partial charge in [0, 0.05) is 30.2 Å². The van der Waals surface area contributed by atoms with Gasteiger partial charge in [-0.05, 0) is 25.7 Å². The van der Waals surface area contributed by atoms with Crippen LogP contribution in [0.5, 0.6) is 0 Å². The van der Waals surface area contributed by atoms with Crippen molar-refractivity contribution in [2.45, 2.75) is 32.2 Å². The van der Waals surface area contributed by atoms with Crippen LogP contribution in [-0.4, -0.2) is 20.8 Å². The minimum absolute atomic E-state index is 0.222. The van der Waals surface area contributed by atoms with E-state index in [9.17, 15) is 4.79 Å². The van der Waals surface area contributed by atoms with E-state index in [0.717, 1.165) is 24.1 Å². The van der Waals surface area contributed by atoms with Gasteiger partial charge in [0.2, 0.25) is 0 Å². The lowest BCUT2D eigenvalue weighted by Crippen LogP contribution is -2.28.